The fourth-order valence-corrected chi connectivity index (χ4v) is 5.18. The van der Waals surface area contributed by atoms with Gasteiger partial charge >= 0.3 is 0 Å². The van der Waals surface area contributed by atoms with Crippen LogP contribution in [0.15, 0.2) is 30.6 Å². The van der Waals surface area contributed by atoms with Crippen molar-refractivity contribution in [3.05, 3.63) is 46.1 Å². The number of thiophene rings is 1. The van der Waals surface area contributed by atoms with Crippen molar-refractivity contribution in [3.8, 4) is 5.06 Å². The second-order valence-electron chi connectivity index (χ2n) is 8.22. The summed E-state index contributed by atoms with van der Waals surface area (Å²) in [5.41, 5.74) is 13.3. The minimum atomic E-state index is -0.796. The largest absolute Gasteiger partial charge is 0.474 e. The number of nitrogens with two attached hydrogens (primary N) is 2. The van der Waals surface area contributed by atoms with Gasteiger partial charge < -0.3 is 30.7 Å². The SMILES string of the molecule is COC[C@H]1C(=O)N(Cc2ccc3c(N)ncnc3c2)CCN1C(=O)COc1sc(Cl)cc1CC(N)=O. The van der Waals surface area contributed by atoms with E-state index in [9.17, 15) is 14.4 Å². The normalized spacial score (nSPS) is 15.9. The first-order valence-corrected chi connectivity index (χ1v) is 12.2. The molecular weight excluding hydrogens is 508 g/mol. The number of methoxy groups -OCH3 is 1. The Bertz CT molecular complexity index is 1300. The number of aromatic nitrogens is 2. The maximum absolute atomic E-state index is 13.3. The minimum absolute atomic E-state index is 0.0420. The number of piperazine rings is 1. The summed E-state index contributed by atoms with van der Waals surface area (Å²) in [6, 6.07) is 6.36. The highest BCUT2D eigenvalue weighted by Gasteiger charge is 2.37. The molecule has 0 aliphatic carbocycles. The number of rotatable bonds is 9. The zero-order chi connectivity index (χ0) is 25.8. The van der Waals surface area contributed by atoms with Gasteiger partial charge in [-0.05, 0) is 23.8 Å². The lowest BCUT2D eigenvalue weighted by molar-refractivity contribution is -0.155. The van der Waals surface area contributed by atoms with E-state index in [1.54, 1.807) is 11.0 Å². The average molecular weight is 533 g/mol. The number of nitrogen functional groups attached to an aromatic ring is 1. The van der Waals surface area contributed by atoms with Crippen molar-refractivity contribution in [1.29, 1.82) is 0 Å². The van der Waals surface area contributed by atoms with Crippen LogP contribution in [-0.2, 0) is 32.1 Å². The van der Waals surface area contributed by atoms with Crippen LogP contribution in [0.3, 0.4) is 0 Å². The Labute approximate surface area is 215 Å². The fraction of sp³-hybridized carbons (Fsp3) is 0.348. The predicted molar refractivity (Wildman–Crippen MR) is 134 cm³/mol. The average Bonchev–Trinajstić information content (AvgIpc) is 3.18. The van der Waals surface area contributed by atoms with Crippen molar-refractivity contribution in [3.63, 3.8) is 0 Å². The number of amides is 3. The Morgan fingerprint density at radius 2 is 2.06 bits per heavy atom. The summed E-state index contributed by atoms with van der Waals surface area (Å²) >= 11 is 7.14. The molecule has 4 N–H and O–H groups in total. The van der Waals surface area contributed by atoms with Crippen LogP contribution in [-0.4, -0.2) is 76.9 Å². The lowest BCUT2D eigenvalue weighted by atomic mass is 10.1. The van der Waals surface area contributed by atoms with Crippen molar-refractivity contribution in [2.75, 3.05) is 39.1 Å². The van der Waals surface area contributed by atoms with Gasteiger partial charge in [-0.15, -0.1) is 0 Å². The molecule has 1 aliphatic heterocycles. The van der Waals surface area contributed by atoms with Gasteiger partial charge in [0.05, 0.1) is 22.9 Å². The summed E-state index contributed by atoms with van der Waals surface area (Å²) < 4.78 is 11.3. The zero-order valence-electron chi connectivity index (χ0n) is 19.5. The molecule has 1 atom stereocenters. The molecule has 1 fully saturated rings. The van der Waals surface area contributed by atoms with Gasteiger partial charge in [0, 0.05) is 37.7 Å². The minimum Gasteiger partial charge on any atom is -0.474 e. The molecule has 3 amide bonds. The Morgan fingerprint density at radius 3 is 2.81 bits per heavy atom. The molecule has 190 valence electrons. The van der Waals surface area contributed by atoms with Crippen LogP contribution in [0.5, 0.6) is 5.06 Å². The third-order valence-electron chi connectivity index (χ3n) is 5.77. The lowest BCUT2D eigenvalue weighted by Gasteiger charge is -2.40. The van der Waals surface area contributed by atoms with Crippen molar-refractivity contribution < 1.29 is 23.9 Å². The van der Waals surface area contributed by atoms with Crippen LogP contribution in [0.2, 0.25) is 4.34 Å². The highest BCUT2D eigenvalue weighted by atomic mass is 35.5. The quantitative estimate of drug-likeness (QED) is 0.417. The van der Waals surface area contributed by atoms with Gasteiger partial charge in [0.1, 0.15) is 18.2 Å². The van der Waals surface area contributed by atoms with E-state index in [-0.39, 0.29) is 31.4 Å². The summed E-state index contributed by atoms with van der Waals surface area (Å²) in [7, 11) is 1.47. The number of hydrogen-bond donors (Lipinski definition) is 2. The van der Waals surface area contributed by atoms with Crippen LogP contribution < -0.4 is 16.2 Å². The number of carbonyl (C=O) groups is 3. The molecule has 0 spiro atoms. The number of fused-ring (bicyclic) bond motifs is 1. The number of anilines is 1. The fourth-order valence-electron chi connectivity index (χ4n) is 4.08. The first-order valence-electron chi connectivity index (χ1n) is 11.0. The maximum atomic E-state index is 13.3. The summed E-state index contributed by atoms with van der Waals surface area (Å²) in [6.07, 6.45) is 1.35. The van der Waals surface area contributed by atoms with Crippen molar-refractivity contribution in [1.82, 2.24) is 19.8 Å². The molecule has 0 saturated carbocycles. The van der Waals surface area contributed by atoms with E-state index in [0.717, 1.165) is 22.3 Å². The number of halogens is 1. The number of hydrogen-bond acceptors (Lipinski definition) is 9. The molecule has 1 aliphatic rings. The molecule has 1 aromatic carbocycles. The Balaban J connectivity index is 1.43. The lowest BCUT2D eigenvalue weighted by Crippen LogP contribution is -2.60. The first-order chi connectivity index (χ1) is 17.3. The molecule has 4 rings (SSSR count). The van der Waals surface area contributed by atoms with Crippen molar-refractivity contribution >= 4 is 57.4 Å². The van der Waals surface area contributed by atoms with E-state index in [1.165, 1.54) is 18.3 Å². The predicted octanol–water partition coefficient (Wildman–Crippen LogP) is 1.22. The number of carbonyl (C=O) groups excluding carboxylic acids is 3. The van der Waals surface area contributed by atoms with E-state index in [2.05, 4.69) is 9.97 Å². The summed E-state index contributed by atoms with van der Waals surface area (Å²) in [6.45, 7) is 0.723. The van der Waals surface area contributed by atoms with E-state index < -0.39 is 11.9 Å². The highest BCUT2D eigenvalue weighted by molar-refractivity contribution is 7.18. The molecule has 1 saturated heterocycles. The molecule has 36 heavy (non-hydrogen) atoms. The van der Waals surface area contributed by atoms with Gasteiger partial charge in [0.15, 0.2) is 11.7 Å². The Morgan fingerprint density at radius 1 is 1.25 bits per heavy atom. The molecule has 0 bridgehead atoms. The highest BCUT2D eigenvalue weighted by Crippen LogP contribution is 2.34. The standard InChI is InChI=1S/C23H25ClN6O5S/c1-34-10-17-22(33)29(9-13-2-3-15-16(6-13)27-12-28-21(15)26)4-5-30(17)20(32)11-35-23-14(8-19(25)31)7-18(24)36-23/h2-3,6-7,12,17H,4-5,8-11H2,1H3,(H2,25,31)(H2,26,27,28)/t17-/m0/s1. The molecule has 11 nitrogen and oxygen atoms in total. The molecular formula is C23H25ClN6O5S. The molecule has 0 unspecified atom stereocenters. The number of benzene rings is 1. The Hall–Kier alpha value is -3.48. The van der Waals surface area contributed by atoms with Crippen LogP contribution in [0, 0.1) is 0 Å². The monoisotopic (exact) mass is 532 g/mol. The molecule has 13 heteroatoms. The summed E-state index contributed by atoms with van der Waals surface area (Å²) in [5.74, 6) is -0.752. The smallest absolute Gasteiger partial charge is 0.261 e. The third kappa shape index (κ3) is 5.66. The second-order valence-corrected chi connectivity index (χ2v) is 9.87. The van der Waals surface area contributed by atoms with Gasteiger partial charge in [-0.25, -0.2) is 9.97 Å². The third-order valence-corrected chi connectivity index (χ3v) is 6.98. The number of ether oxygens (including phenoxy) is 2. The molecule has 2 aromatic heterocycles. The molecule has 3 aromatic rings. The van der Waals surface area contributed by atoms with Gasteiger partial charge in [0.25, 0.3) is 5.91 Å². The molecule has 3 heterocycles. The van der Waals surface area contributed by atoms with E-state index in [1.807, 2.05) is 18.2 Å². The van der Waals surface area contributed by atoms with Crippen LogP contribution >= 0.6 is 22.9 Å². The van der Waals surface area contributed by atoms with Gasteiger partial charge in [0.2, 0.25) is 11.8 Å². The van der Waals surface area contributed by atoms with Crippen molar-refractivity contribution in [2.24, 2.45) is 5.73 Å². The van der Waals surface area contributed by atoms with E-state index in [0.29, 0.717) is 45.9 Å². The van der Waals surface area contributed by atoms with Crippen LogP contribution in [0.4, 0.5) is 5.82 Å². The number of nitrogens with zero attached hydrogens (tertiary/aromatic N) is 4. The Kier molecular flexibility index (Phi) is 7.87. The van der Waals surface area contributed by atoms with Crippen LogP contribution in [0.25, 0.3) is 10.9 Å². The van der Waals surface area contributed by atoms with Gasteiger partial charge in [-0.1, -0.05) is 29.0 Å². The van der Waals surface area contributed by atoms with Gasteiger partial charge in [-0.2, -0.15) is 0 Å². The number of primary amides is 1. The first kappa shape index (κ1) is 25.6. The van der Waals surface area contributed by atoms with Crippen LogP contribution in [0.1, 0.15) is 11.1 Å². The molecule has 0 radical (unpaired) electrons. The summed E-state index contributed by atoms with van der Waals surface area (Å²) in [4.78, 5) is 49.0. The topological polar surface area (TPSA) is 154 Å². The summed E-state index contributed by atoms with van der Waals surface area (Å²) in [5, 5.41) is 1.09. The second kappa shape index (κ2) is 11.1. The van der Waals surface area contributed by atoms with E-state index >= 15 is 0 Å². The zero-order valence-corrected chi connectivity index (χ0v) is 21.1. The van der Waals surface area contributed by atoms with E-state index in [4.69, 9.17) is 32.5 Å². The van der Waals surface area contributed by atoms with Gasteiger partial charge in [-0.3, -0.25) is 14.4 Å². The maximum Gasteiger partial charge on any atom is 0.261 e. The van der Waals surface area contributed by atoms with Crippen molar-refractivity contribution in [2.45, 2.75) is 19.0 Å².